The zero-order valence-corrected chi connectivity index (χ0v) is 15.5. The van der Waals surface area contributed by atoms with Gasteiger partial charge in [-0.1, -0.05) is 12.1 Å². The molecule has 3 rings (SSSR count). The summed E-state index contributed by atoms with van der Waals surface area (Å²) in [5, 5.41) is 5.00. The lowest BCUT2D eigenvalue weighted by Gasteiger charge is -2.08. The maximum absolute atomic E-state index is 12.7. The minimum atomic E-state index is -3.29. The van der Waals surface area contributed by atoms with Crippen LogP contribution < -0.4 is 5.32 Å². The zero-order chi connectivity index (χ0) is 17.9. The van der Waals surface area contributed by atoms with E-state index < -0.39 is 9.84 Å². The smallest absolute Gasteiger partial charge is 0.258 e. The maximum Gasteiger partial charge on any atom is 0.258 e. The summed E-state index contributed by atoms with van der Waals surface area (Å²) < 4.78 is 23.2. The molecule has 128 valence electrons. The molecule has 1 amide bonds. The van der Waals surface area contributed by atoms with Gasteiger partial charge in [-0.25, -0.2) is 13.4 Å². The van der Waals surface area contributed by atoms with Crippen molar-refractivity contribution in [2.45, 2.75) is 4.90 Å². The Hall–Kier alpha value is -2.36. The molecule has 0 saturated heterocycles. The van der Waals surface area contributed by atoms with Crippen molar-refractivity contribution in [1.29, 1.82) is 0 Å². The van der Waals surface area contributed by atoms with Gasteiger partial charge >= 0.3 is 0 Å². The first-order chi connectivity index (χ1) is 11.9. The fourth-order valence-corrected chi connectivity index (χ4v) is 3.76. The molecule has 0 aliphatic rings. The van der Waals surface area contributed by atoms with E-state index in [-0.39, 0.29) is 10.8 Å². The Labute approximate surface area is 152 Å². The predicted molar refractivity (Wildman–Crippen MR) is 100 cm³/mol. The first-order valence-electron chi connectivity index (χ1n) is 7.05. The van der Waals surface area contributed by atoms with Gasteiger partial charge in [0.05, 0.1) is 10.4 Å². The highest BCUT2D eigenvalue weighted by molar-refractivity contribution is 7.90. The summed E-state index contributed by atoms with van der Waals surface area (Å²) in [7, 11) is -3.29. The summed E-state index contributed by atoms with van der Waals surface area (Å²) in [6, 6.07) is 6.21. The lowest BCUT2D eigenvalue weighted by molar-refractivity contribution is -0.111. The fraction of sp³-hybridized carbons (Fsp3) is 0.0625. The molecule has 0 atom stereocenters. The Balaban J connectivity index is 1.98. The number of hydrogen-bond donors (Lipinski definition) is 1. The van der Waals surface area contributed by atoms with Gasteiger partial charge in [-0.3, -0.25) is 15.1 Å². The number of benzene rings is 1. The third-order valence-corrected chi connectivity index (χ3v) is 5.77. The van der Waals surface area contributed by atoms with Crippen LogP contribution in [0.3, 0.4) is 0 Å². The second-order valence-corrected chi connectivity index (χ2v) is 8.88. The normalized spacial score (nSPS) is 12.1. The van der Waals surface area contributed by atoms with Gasteiger partial charge in [-0.15, -0.1) is 22.7 Å². The molecule has 25 heavy (non-hydrogen) atoms. The number of sulfone groups is 1. The van der Waals surface area contributed by atoms with Crippen LogP contribution in [0.15, 0.2) is 52.4 Å². The number of nitrogens with zero attached hydrogens (tertiary/aromatic N) is 2. The van der Waals surface area contributed by atoms with E-state index in [2.05, 4.69) is 15.3 Å². The Morgan fingerprint density at radius 2 is 1.96 bits per heavy atom. The summed E-state index contributed by atoms with van der Waals surface area (Å²) in [5.74, 6) is -0.324. The number of nitrogens with one attached hydrogen (secondary N) is 1. The van der Waals surface area contributed by atoms with Crippen molar-refractivity contribution in [2.75, 3.05) is 11.6 Å². The topological polar surface area (TPSA) is 89.0 Å². The van der Waals surface area contributed by atoms with Crippen LogP contribution in [-0.4, -0.2) is 30.5 Å². The van der Waals surface area contributed by atoms with Gasteiger partial charge in [0.25, 0.3) is 5.91 Å². The minimum absolute atomic E-state index is 0.203. The molecule has 6 nitrogen and oxygen atoms in total. The molecule has 9 heteroatoms. The van der Waals surface area contributed by atoms with E-state index in [4.69, 9.17) is 0 Å². The summed E-state index contributed by atoms with van der Waals surface area (Å²) >= 11 is 2.72. The molecule has 0 unspecified atom stereocenters. The maximum atomic E-state index is 12.7. The third kappa shape index (κ3) is 4.38. The van der Waals surface area contributed by atoms with Crippen molar-refractivity contribution in [3.8, 4) is 0 Å². The van der Waals surface area contributed by atoms with E-state index in [1.807, 2.05) is 0 Å². The number of rotatable bonds is 5. The fourth-order valence-electron chi connectivity index (χ4n) is 2.05. The highest BCUT2D eigenvalue weighted by atomic mass is 32.2. The molecule has 0 radical (unpaired) electrons. The van der Waals surface area contributed by atoms with E-state index in [0.29, 0.717) is 16.3 Å². The SMILES string of the molecule is CS(=O)(=O)c1ccc(/C(=C/c2cncs2)C(=O)Nc2nccs2)cc1. The summed E-state index contributed by atoms with van der Waals surface area (Å²) in [4.78, 5) is 21.7. The molecular formula is C16H13N3O3S3. The van der Waals surface area contributed by atoms with E-state index in [1.165, 1.54) is 34.8 Å². The van der Waals surface area contributed by atoms with E-state index >= 15 is 0 Å². The van der Waals surface area contributed by atoms with Gasteiger partial charge in [0.15, 0.2) is 15.0 Å². The highest BCUT2D eigenvalue weighted by Gasteiger charge is 2.15. The lowest BCUT2D eigenvalue weighted by Crippen LogP contribution is -2.13. The second kappa shape index (κ2) is 7.26. The number of aromatic nitrogens is 2. The number of anilines is 1. The quantitative estimate of drug-likeness (QED) is 0.675. The van der Waals surface area contributed by atoms with Gasteiger partial charge in [0.2, 0.25) is 0 Å². The van der Waals surface area contributed by atoms with Gasteiger partial charge in [-0.2, -0.15) is 0 Å². The van der Waals surface area contributed by atoms with E-state index in [0.717, 1.165) is 11.1 Å². The van der Waals surface area contributed by atoms with Crippen LogP contribution in [0.5, 0.6) is 0 Å². The second-order valence-electron chi connectivity index (χ2n) is 5.05. The molecule has 1 N–H and O–H groups in total. The first kappa shape index (κ1) is 17.5. The Morgan fingerprint density at radius 3 is 2.52 bits per heavy atom. The van der Waals surface area contributed by atoms with Crippen molar-refractivity contribution in [3.05, 3.63) is 58.0 Å². The predicted octanol–water partition coefficient (Wildman–Crippen LogP) is 3.18. The van der Waals surface area contributed by atoms with Crippen LogP contribution in [0.2, 0.25) is 0 Å². The van der Waals surface area contributed by atoms with Gasteiger partial charge < -0.3 is 0 Å². The van der Waals surface area contributed by atoms with Crippen LogP contribution in [0, 0.1) is 0 Å². The number of hydrogen-bond acceptors (Lipinski definition) is 7. The standard InChI is InChI=1S/C16H13N3O3S3/c1-25(21,22)13-4-2-11(3-5-13)14(8-12-9-17-10-24-12)15(20)19-16-18-6-7-23-16/h2-10H,1H3,(H,18,19,20)/b14-8-. The molecule has 0 bridgehead atoms. The lowest BCUT2D eigenvalue weighted by atomic mass is 10.0. The van der Waals surface area contributed by atoms with Gasteiger partial charge in [0, 0.05) is 34.5 Å². The molecule has 2 aromatic heterocycles. The van der Waals surface area contributed by atoms with Crippen molar-refractivity contribution in [2.24, 2.45) is 0 Å². The average molecular weight is 391 g/mol. The zero-order valence-electron chi connectivity index (χ0n) is 13.0. The van der Waals surface area contributed by atoms with Gasteiger partial charge in [-0.05, 0) is 23.8 Å². The molecule has 0 fully saturated rings. The van der Waals surface area contributed by atoms with Crippen LogP contribution in [0.1, 0.15) is 10.4 Å². The average Bonchev–Trinajstić information content (AvgIpc) is 3.25. The summed E-state index contributed by atoms with van der Waals surface area (Å²) in [6.45, 7) is 0. The van der Waals surface area contributed by atoms with Crippen molar-refractivity contribution >= 4 is 55.2 Å². The van der Waals surface area contributed by atoms with Crippen LogP contribution in [-0.2, 0) is 14.6 Å². The minimum Gasteiger partial charge on any atom is -0.298 e. The number of carbonyl (C=O) groups excluding carboxylic acids is 1. The van der Waals surface area contributed by atoms with Crippen molar-refractivity contribution in [1.82, 2.24) is 9.97 Å². The highest BCUT2D eigenvalue weighted by Crippen LogP contribution is 2.24. The monoisotopic (exact) mass is 391 g/mol. The molecule has 0 saturated carbocycles. The third-order valence-electron chi connectivity index (χ3n) is 3.23. The number of carbonyl (C=O) groups is 1. The summed E-state index contributed by atoms with van der Waals surface area (Å²) in [6.07, 6.45) is 6.13. The summed E-state index contributed by atoms with van der Waals surface area (Å²) in [5.41, 5.74) is 2.68. The van der Waals surface area contributed by atoms with Crippen LogP contribution in [0.4, 0.5) is 5.13 Å². The molecule has 0 aliphatic carbocycles. The van der Waals surface area contributed by atoms with Crippen molar-refractivity contribution < 1.29 is 13.2 Å². The Kier molecular flexibility index (Phi) is 5.07. The van der Waals surface area contributed by atoms with Gasteiger partial charge in [0.1, 0.15) is 0 Å². The Bertz CT molecular complexity index is 991. The number of amides is 1. The largest absolute Gasteiger partial charge is 0.298 e. The Morgan fingerprint density at radius 1 is 1.20 bits per heavy atom. The molecule has 2 heterocycles. The van der Waals surface area contributed by atoms with E-state index in [1.54, 1.807) is 41.5 Å². The van der Waals surface area contributed by atoms with Crippen molar-refractivity contribution in [3.63, 3.8) is 0 Å². The van der Waals surface area contributed by atoms with Crippen LogP contribution >= 0.6 is 22.7 Å². The molecular weight excluding hydrogens is 378 g/mol. The molecule has 3 aromatic rings. The molecule has 0 aliphatic heterocycles. The molecule has 0 spiro atoms. The molecule has 1 aromatic carbocycles. The van der Waals surface area contributed by atoms with Crippen LogP contribution in [0.25, 0.3) is 11.6 Å². The van der Waals surface area contributed by atoms with E-state index in [9.17, 15) is 13.2 Å². The first-order valence-corrected chi connectivity index (χ1v) is 10.7. The number of thiazole rings is 2.